The lowest BCUT2D eigenvalue weighted by Gasteiger charge is -2.21. The molecule has 1 aliphatic carbocycles. The SMILES string of the molecule is CC1(C)c2ccccc2-c2c(-c3cc(-c4ccc(-c5c6ccccc6c(-c6ccccc6)c6c5ccc5ccccc56)cc4)nc(-c4ccccc4)n3)cccc21. The van der Waals surface area contributed by atoms with Gasteiger partial charge in [0.2, 0.25) is 0 Å². The van der Waals surface area contributed by atoms with E-state index in [9.17, 15) is 0 Å². The fourth-order valence-corrected chi connectivity index (χ4v) is 9.39. The Morgan fingerprint density at radius 2 is 0.912 bits per heavy atom. The maximum absolute atomic E-state index is 5.28. The molecular formula is C55H38N2. The fraction of sp³-hybridized carbons (Fsp3) is 0.0545. The van der Waals surface area contributed by atoms with Crippen LogP contribution in [0.1, 0.15) is 25.0 Å². The van der Waals surface area contributed by atoms with Gasteiger partial charge in [-0.3, -0.25) is 0 Å². The highest BCUT2D eigenvalue weighted by molar-refractivity contribution is 6.27. The summed E-state index contributed by atoms with van der Waals surface area (Å²) in [6.45, 7) is 4.65. The molecule has 9 aromatic carbocycles. The van der Waals surface area contributed by atoms with E-state index < -0.39 is 0 Å². The molecule has 0 unspecified atom stereocenters. The zero-order chi connectivity index (χ0) is 38.1. The molecule has 1 aliphatic rings. The Labute approximate surface area is 332 Å². The van der Waals surface area contributed by atoms with Crippen molar-refractivity contribution in [2.24, 2.45) is 0 Å². The molecule has 1 heterocycles. The van der Waals surface area contributed by atoms with Crippen molar-refractivity contribution in [3.8, 4) is 67.3 Å². The molecular weight excluding hydrogens is 689 g/mol. The molecule has 2 heteroatoms. The summed E-state index contributed by atoms with van der Waals surface area (Å²) in [5.74, 6) is 0.718. The number of benzene rings is 9. The standard InChI is InChI=1S/C55H38N2/c1-55(2)46-26-14-13-24-43(46)52-44(25-15-27-47(52)55)49-34-48(56-54(57-49)39-19-7-4-8-20-39)36-28-30-38(31-29-36)50-41-22-11-12-23-42(41)51(37-17-5-3-6-18-37)53-40-21-10-9-16-35(40)32-33-45(50)53/h3-34H,1-2H3. The van der Waals surface area contributed by atoms with Gasteiger partial charge in [-0.2, -0.15) is 0 Å². The third-order valence-electron chi connectivity index (χ3n) is 12.1. The molecule has 11 rings (SSSR count). The third kappa shape index (κ3) is 5.25. The number of hydrogen-bond acceptors (Lipinski definition) is 2. The van der Waals surface area contributed by atoms with Gasteiger partial charge in [-0.05, 0) is 82.9 Å². The van der Waals surface area contributed by atoms with Crippen LogP contribution in [0.25, 0.3) is 99.6 Å². The number of aromatic nitrogens is 2. The summed E-state index contributed by atoms with van der Waals surface area (Å²) < 4.78 is 0. The Morgan fingerprint density at radius 3 is 1.68 bits per heavy atom. The van der Waals surface area contributed by atoms with Crippen LogP contribution < -0.4 is 0 Å². The van der Waals surface area contributed by atoms with Crippen LogP contribution in [0, 0.1) is 0 Å². The summed E-state index contributed by atoms with van der Waals surface area (Å²) in [7, 11) is 0. The van der Waals surface area contributed by atoms with Crippen LogP contribution in [0.5, 0.6) is 0 Å². The first-order chi connectivity index (χ1) is 28.0. The molecule has 0 spiro atoms. The van der Waals surface area contributed by atoms with Crippen molar-refractivity contribution in [2.75, 3.05) is 0 Å². The van der Waals surface area contributed by atoms with Gasteiger partial charge in [-0.15, -0.1) is 0 Å². The number of fused-ring (bicyclic) bond motifs is 7. The van der Waals surface area contributed by atoms with Crippen LogP contribution in [-0.4, -0.2) is 9.97 Å². The minimum atomic E-state index is -0.101. The summed E-state index contributed by atoms with van der Waals surface area (Å²) in [6.07, 6.45) is 0. The van der Waals surface area contributed by atoms with Crippen molar-refractivity contribution in [1.82, 2.24) is 9.97 Å². The number of hydrogen-bond donors (Lipinski definition) is 0. The topological polar surface area (TPSA) is 25.8 Å². The molecule has 0 fully saturated rings. The van der Waals surface area contributed by atoms with Gasteiger partial charge in [0.05, 0.1) is 11.4 Å². The molecule has 57 heavy (non-hydrogen) atoms. The van der Waals surface area contributed by atoms with E-state index in [0.717, 1.165) is 33.9 Å². The van der Waals surface area contributed by atoms with Crippen molar-refractivity contribution in [3.63, 3.8) is 0 Å². The van der Waals surface area contributed by atoms with E-state index >= 15 is 0 Å². The molecule has 0 aliphatic heterocycles. The minimum absolute atomic E-state index is 0.101. The summed E-state index contributed by atoms with van der Waals surface area (Å²) in [4.78, 5) is 10.5. The van der Waals surface area contributed by atoms with Crippen LogP contribution in [0.15, 0.2) is 194 Å². The quantitative estimate of drug-likeness (QED) is 0.130. The Hall–Kier alpha value is -7.16. The minimum Gasteiger partial charge on any atom is -0.228 e. The Balaban J connectivity index is 1.11. The average molecular weight is 727 g/mol. The Bertz CT molecular complexity index is 3180. The van der Waals surface area contributed by atoms with E-state index in [4.69, 9.17) is 9.97 Å². The molecule has 1 aromatic heterocycles. The normalized spacial score (nSPS) is 12.9. The third-order valence-corrected chi connectivity index (χ3v) is 12.1. The second-order valence-electron chi connectivity index (χ2n) is 15.7. The van der Waals surface area contributed by atoms with Crippen LogP contribution in [0.3, 0.4) is 0 Å². The van der Waals surface area contributed by atoms with Crippen molar-refractivity contribution in [2.45, 2.75) is 19.3 Å². The summed E-state index contributed by atoms with van der Waals surface area (Å²) >= 11 is 0. The van der Waals surface area contributed by atoms with Crippen molar-refractivity contribution in [3.05, 3.63) is 205 Å². The van der Waals surface area contributed by atoms with Crippen molar-refractivity contribution < 1.29 is 0 Å². The molecule has 2 nitrogen and oxygen atoms in total. The van der Waals surface area contributed by atoms with Gasteiger partial charge in [0.15, 0.2) is 5.82 Å². The van der Waals surface area contributed by atoms with Crippen LogP contribution in [0.2, 0.25) is 0 Å². The lowest BCUT2D eigenvalue weighted by molar-refractivity contribution is 0.660. The van der Waals surface area contributed by atoms with Crippen molar-refractivity contribution >= 4 is 32.3 Å². The Morgan fingerprint density at radius 1 is 0.351 bits per heavy atom. The summed E-state index contributed by atoms with van der Waals surface area (Å²) in [5, 5.41) is 7.52. The lowest BCUT2D eigenvalue weighted by atomic mass is 9.82. The van der Waals surface area contributed by atoms with E-state index in [-0.39, 0.29) is 5.41 Å². The van der Waals surface area contributed by atoms with Gasteiger partial charge < -0.3 is 0 Å². The number of nitrogens with zero attached hydrogens (tertiary/aromatic N) is 2. The molecule has 0 bridgehead atoms. The average Bonchev–Trinajstić information content (AvgIpc) is 3.52. The van der Waals surface area contributed by atoms with Gasteiger partial charge in [-0.1, -0.05) is 202 Å². The highest BCUT2D eigenvalue weighted by Crippen LogP contribution is 2.52. The predicted molar refractivity (Wildman–Crippen MR) is 239 cm³/mol. The van der Waals surface area contributed by atoms with Crippen molar-refractivity contribution in [1.29, 1.82) is 0 Å². The Kier molecular flexibility index (Phi) is 7.55. The first-order valence-corrected chi connectivity index (χ1v) is 19.8. The molecule has 10 aromatic rings. The lowest BCUT2D eigenvalue weighted by Crippen LogP contribution is -2.14. The maximum atomic E-state index is 5.28. The van der Waals surface area contributed by atoms with Crippen LogP contribution in [-0.2, 0) is 5.41 Å². The van der Waals surface area contributed by atoms with Crippen LogP contribution >= 0.6 is 0 Å². The highest BCUT2D eigenvalue weighted by atomic mass is 14.9. The van der Waals surface area contributed by atoms with Gasteiger partial charge in [-0.25, -0.2) is 9.97 Å². The zero-order valence-electron chi connectivity index (χ0n) is 31.9. The highest BCUT2D eigenvalue weighted by Gasteiger charge is 2.36. The van der Waals surface area contributed by atoms with Crippen LogP contribution in [0.4, 0.5) is 0 Å². The van der Waals surface area contributed by atoms with Gasteiger partial charge in [0, 0.05) is 22.1 Å². The second kappa shape index (κ2) is 13.0. The van der Waals surface area contributed by atoms with Gasteiger partial charge in [0.25, 0.3) is 0 Å². The largest absolute Gasteiger partial charge is 0.228 e. The zero-order valence-corrected chi connectivity index (χ0v) is 31.9. The van der Waals surface area contributed by atoms with E-state index in [1.165, 1.54) is 76.8 Å². The summed E-state index contributed by atoms with van der Waals surface area (Å²) in [6, 6.07) is 70.1. The predicted octanol–water partition coefficient (Wildman–Crippen LogP) is 14.6. The molecule has 268 valence electrons. The smallest absolute Gasteiger partial charge is 0.160 e. The molecule has 0 amide bonds. The molecule has 0 radical (unpaired) electrons. The van der Waals surface area contributed by atoms with Gasteiger partial charge >= 0.3 is 0 Å². The summed E-state index contributed by atoms with van der Waals surface area (Å²) in [5.41, 5.74) is 15.0. The first kappa shape index (κ1) is 33.2. The van der Waals surface area contributed by atoms with E-state index in [1.54, 1.807) is 0 Å². The fourth-order valence-electron chi connectivity index (χ4n) is 9.39. The van der Waals surface area contributed by atoms with Gasteiger partial charge in [0.1, 0.15) is 0 Å². The molecule has 0 saturated carbocycles. The molecule has 0 N–H and O–H groups in total. The van der Waals surface area contributed by atoms with E-state index in [2.05, 4.69) is 202 Å². The first-order valence-electron chi connectivity index (χ1n) is 19.8. The second-order valence-corrected chi connectivity index (χ2v) is 15.7. The number of rotatable bonds is 5. The van der Waals surface area contributed by atoms with E-state index in [1.807, 2.05) is 6.07 Å². The monoisotopic (exact) mass is 726 g/mol. The molecule has 0 saturated heterocycles. The molecule has 0 atom stereocenters. The maximum Gasteiger partial charge on any atom is 0.160 e. The van der Waals surface area contributed by atoms with E-state index in [0.29, 0.717) is 0 Å².